The van der Waals surface area contributed by atoms with Crippen molar-refractivity contribution in [2.45, 2.75) is 20.8 Å². The van der Waals surface area contributed by atoms with Gasteiger partial charge in [-0.25, -0.2) is 0 Å². The Bertz CT molecular complexity index is 96.7. The molecule has 0 heterocycles. The zero-order valence-corrected chi connectivity index (χ0v) is 5.15. The SMILES string of the molecule is C=NC(C)=C(C)C. The molecule has 0 fully saturated rings. The highest BCUT2D eigenvalue weighted by Gasteiger charge is 1.80. The van der Waals surface area contributed by atoms with Gasteiger partial charge in [0.1, 0.15) is 0 Å². The average molecular weight is 97.2 g/mol. The molecule has 0 aromatic rings. The van der Waals surface area contributed by atoms with Crippen LogP contribution in [0.2, 0.25) is 0 Å². The summed E-state index contributed by atoms with van der Waals surface area (Å²) < 4.78 is 0. The van der Waals surface area contributed by atoms with Crippen LogP contribution in [0.15, 0.2) is 16.3 Å². The first kappa shape index (κ1) is 6.41. The van der Waals surface area contributed by atoms with Gasteiger partial charge in [0.15, 0.2) is 0 Å². The fourth-order valence-corrected chi connectivity index (χ4v) is 0.158. The largest absolute Gasteiger partial charge is 0.269 e. The Kier molecular flexibility index (Phi) is 2.34. The van der Waals surface area contributed by atoms with Gasteiger partial charge in [0, 0.05) is 5.70 Å². The summed E-state index contributed by atoms with van der Waals surface area (Å²) in [7, 11) is 0. The minimum Gasteiger partial charge on any atom is -0.269 e. The van der Waals surface area contributed by atoms with E-state index in [1.165, 1.54) is 5.57 Å². The lowest BCUT2D eigenvalue weighted by atomic mass is 10.3. The zero-order chi connectivity index (χ0) is 5.86. The Labute approximate surface area is 44.8 Å². The van der Waals surface area contributed by atoms with E-state index >= 15 is 0 Å². The molecule has 1 nitrogen and oxygen atoms in total. The highest BCUT2D eigenvalue weighted by atomic mass is 14.7. The standard InChI is InChI=1S/C6H11N/c1-5(2)6(3)7-4/h4H2,1-3H3. The molecule has 0 N–H and O–H groups in total. The van der Waals surface area contributed by atoms with E-state index in [2.05, 4.69) is 11.7 Å². The Balaban J connectivity index is 3.98. The van der Waals surface area contributed by atoms with Crippen molar-refractivity contribution in [2.75, 3.05) is 0 Å². The van der Waals surface area contributed by atoms with Crippen LogP contribution in [0, 0.1) is 0 Å². The predicted molar refractivity (Wildman–Crippen MR) is 33.6 cm³/mol. The second-order valence-corrected chi connectivity index (χ2v) is 1.74. The smallest absolute Gasteiger partial charge is 0.0351 e. The van der Waals surface area contributed by atoms with Gasteiger partial charge < -0.3 is 0 Å². The molecule has 0 aliphatic rings. The van der Waals surface area contributed by atoms with E-state index in [1.54, 1.807) is 0 Å². The van der Waals surface area contributed by atoms with Gasteiger partial charge in [-0.15, -0.1) is 0 Å². The zero-order valence-electron chi connectivity index (χ0n) is 5.15. The first-order valence-corrected chi connectivity index (χ1v) is 2.29. The van der Waals surface area contributed by atoms with Crippen LogP contribution in [-0.2, 0) is 0 Å². The fourth-order valence-electron chi connectivity index (χ4n) is 0.158. The summed E-state index contributed by atoms with van der Waals surface area (Å²) >= 11 is 0. The molecule has 0 bridgehead atoms. The molecule has 7 heavy (non-hydrogen) atoms. The van der Waals surface area contributed by atoms with Crippen LogP contribution in [-0.4, -0.2) is 6.72 Å². The first-order chi connectivity index (χ1) is 3.18. The van der Waals surface area contributed by atoms with Gasteiger partial charge in [0.05, 0.1) is 0 Å². The van der Waals surface area contributed by atoms with Crippen LogP contribution in [0.3, 0.4) is 0 Å². The topological polar surface area (TPSA) is 12.4 Å². The Hall–Kier alpha value is -0.590. The Morgan fingerprint density at radius 1 is 1.29 bits per heavy atom. The minimum atomic E-state index is 1.03. The Morgan fingerprint density at radius 2 is 1.71 bits per heavy atom. The van der Waals surface area contributed by atoms with Crippen molar-refractivity contribution in [1.82, 2.24) is 0 Å². The maximum atomic E-state index is 3.72. The van der Waals surface area contributed by atoms with Crippen molar-refractivity contribution >= 4 is 6.72 Å². The average Bonchev–Trinajstić information content (AvgIpc) is 1.65. The number of nitrogens with zero attached hydrogens (tertiary/aromatic N) is 1. The van der Waals surface area contributed by atoms with E-state index in [-0.39, 0.29) is 0 Å². The van der Waals surface area contributed by atoms with Gasteiger partial charge in [0.2, 0.25) is 0 Å². The summed E-state index contributed by atoms with van der Waals surface area (Å²) in [6.07, 6.45) is 0. The van der Waals surface area contributed by atoms with Crippen LogP contribution < -0.4 is 0 Å². The van der Waals surface area contributed by atoms with Gasteiger partial charge in [-0.05, 0) is 27.5 Å². The molecule has 1 heteroatoms. The molecule has 0 aliphatic carbocycles. The van der Waals surface area contributed by atoms with Crippen LogP contribution in [0.5, 0.6) is 0 Å². The van der Waals surface area contributed by atoms with E-state index in [0.29, 0.717) is 0 Å². The number of aliphatic imine (C=N–C) groups is 1. The predicted octanol–water partition coefficient (Wildman–Crippen LogP) is 2.00. The maximum Gasteiger partial charge on any atom is 0.0351 e. The lowest BCUT2D eigenvalue weighted by molar-refractivity contribution is 1.20. The monoisotopic (exact) mass is 97.1 g/mol. The molecular weight excluding hydrogens is 86.1 g/mol. The van der Waals surface area contributed by atoms with Crippen molar-refractivity contribution in [3.8, 4) is 0 Å². The highest BCUT2D eigenvalue weighted by molar-refractivity contribution is 5.29. The summed E-state index contributed by atoms with van der Waals surface area (Å²) in [5.74, 6) is 0. The van der Waals surface area contributed by atoms with E-state index in [4.69, 9.17) is 0 Å². The summed E-state index contributed by atoms with van der Waals surface area (Å²) in [6, 6.07) is 0. The molecule has 0 saturated carbocycles. The number of allylic oxidation sites excluding steroid dienone is 2. The third kappa shape index (κ3) is 2.15. The van der Waals surface area contributed by atoms with Crippen LogP contribution >= 0.6 is 0 Å². The molecule has 0 aromatic heterocycles. The van der Waals surface area contributed by atoms with Crippen molar-refractivity contribution in [1.29, 1.82) is 0 Å². The van der Waals surface area contributed by atoms with Crippen LogP contribution in [0.25, 0.3) is 0 Å². The molecule has 40 valence electrons. The van der Waals surface area contributed by atoms with Crippen molar-refractivity contribution < 1.29 is 0 Å². The molecule has 0 atom stereocenters. The van der Waals surface area contributed by atoms with Crippen molar-refractivity contribution in [2.24, 2.45) is 4.99 Å². The lowest BCUT2D eigenvalue weighted by Crippen LogP contribution is -1.70. The quantitative estimate of drug-likeness (QED) is 0.444. The van der Waals surface area contributed by atoms with Gasteiger partial charge in [0.25, 0.3) is 0 Å². The van der Waals surface area contributed by atoms with Crippen LogP contribution in [0.1, 0.15) is 20.8 Å². The van der Waals surface area contributed by atoms with Gasteiger partial charge in [-0.1, -0.05) is 5.57 Å². The Morgan fingerprint density at radius 3 is 1.71 bits per heavy atom. The second-order valence-electron chi connectivity index (χ2n) is 1.74. The molecule has 0 rings (SSSR count). The van der Waals surface area contributed by atoms with Gasteiger partial charge >= 0.3 is 0 Å². The normalized spacial score (nSPS) is 7.86. The molecule has 0 aromatic carbocycles. The summed E-state index contributed by atoms with van der Waals surface area (Å²) in [6.45, 7) is 9.36. The summed E-state index contributed by atoms with van der Waals surface area (Å²) in [4.78, 5) is 3.72. The van der Waals surface area contributed by atoms with Gasteiger partial charge in [-0.2, -0.15) is 0 Å². The molecule has 0 saturated heterocycles. The molecule has 0 aliphatic heterocycles. The number of hydrogen-bond donors (Lipinski definition) is 0. The third-order valence-electron chi connectivity index (χ3n) is 0.961. The van der Waals surface area contributed by atoms with E-state index in [9.17, 15) is 0 Å². The van der Waals surface area contributed by atoms with Crippen molar-refractivity contribution in [3.05, 3.63) is 11.3 Å². The maximum absolute atomic E-state index is 3.72. The molecule has 0 radical (unpaired) electrons. The first-order valence-electron chi connectivity index (χ1n) is 2.29. The van der Waals surface area contributed by atoms with Crippen LogP contribution in [0.4, 0.5) is 0 Å². The minimum absolute atomic E-state index is 1.03. The van der Waals surface area contributed by atoms with Gasteiger partial charge in [-0.3, -0.25) is 4.99 Å². The molecule has 0 unspecified atom stereocenters. The molecule has 0 spiro atoms. The number of hydrogen-bond acceptors (Lipinski definition) is 1. The molecular formula is C6H11N. The lowest BCUT2D eigenvalue weighted by Gasteiger charge is -1.89. The van der Waals surface area contributed by atoms with E-state index in [1.807, 2.05) is 20.8 Å². The van der Waals surface area contributed by atoms with Crippen molar-refractivity contribution in [3.63, 3.8) is 0 Å². The number of rotatable bonds is 1. The second kappa shape index (κ2) is 2.56. The van der Waals surface area contributed by atoms with E-state index in [0.717, 1.165) is 5.70 Å². The molecule has 0 amide bonds. The van der Waals surface area contributed by atoms with E-state index < -0.39 is 0 Å². The fraction of sp³-hybridized carbons (Fsp3) is 0.500. The third-order valence-corrected chi connectivity index (χ3v) is 0.961. The summed E-state index contributed by atoms with van der Waals surface area (Å²) in [5, 5.41) is 0. The summed E-state index contributed by atoms with van der Waals surface area (Å²) in [5.41, 5.74) is 2.26. The highest BCUT2D eigenvalue weighted by Crippen LogP contribution is 1.99.